The summed E-state index contributed by atoms with van der Waals surface area (Å²) in [6.07, 6.45) is 8.34. The highest BCUT2D eigenvalue weighted by Crippen LogP contribution is 2.26. The van der Waals surface area contributed by atoms with Gasteiger partial charge in [0.15, 0.2) is 0 Å². The molecule has 2 N–H and O–H groups in total. The van der Waals surface area contributed by atoms with Gasteiger partial charge in [0.1, 0.15) is 10.8 Å². The van der Waals surface area contributed by atoms with Crippen molar-refractivity contribution in [2.24, 2.45) is 5.73 Å². The van der Waals surface area contributed by atoms with Crippen LogP contribution in [0, 0.1) is 0 Å². The van der Waals surface area contributed by atoms with Gasteiger partial charge in [0, 0.05) is 19.3 Å². The molecular weight excluding hydrogens is 266 g/mol. The van der Waals surface area contributed by atoms with E-state index in [2.05, 4.69) is 24.9 Å². The fourth-order valence-electron chi connectivity index (χ4n) is 2.80. The largest absolute Gasteiger partial charge is 0.389 e. The summed E-state index contributed by atoms with van der Waals surface area (Å²) < 4.78 is 0. The Morgan fingerprint density at radius 2 is 2.10 bits per heavy atom. The van der Waals surface area contributed by atoms with E-state index in [1.807, 2.05) is 0 Å². The molecule has 0 spiro atoms. The molecule has 1 aliphatic carbocycles. The fourth-order valence-corrected chi connectivity index (χ4v) is 2.95. The first-order valence-electron chi connectivity index (χ1n) is 7.67. The topological polar surface area (TPSA) is 42.2 Å². The van der Waals surface area contributed by atoms with Gasteiger partial charge in [-0.2, -0.15) is 0 Å². The third kappa shape index (κ3) is 3.48. The van der Waals surface area contributed by atoms with Gasteiger partial charge >= 0.3 is 0 Å². The number of hydrogen-bond acceptors (Lipinski definition) is 3. The van der Waals surface area contributed by atoms with E-state index in [0.717, 1.165) is 30.8 Å². The summed E-state index contributed by atoms with van der Waals surface area (Å²) in [5, 5.41) is 0. The van der Waals surface area contributed by atoms with Gasteiger partial charge in [0.05, 0.1) is 5.56 Å². The summed E-state index contributed by atoms with van der Waals surface area (Å²) in [5.41, 5.74) is 9.43. The SMILES string of the molecule is CCCCCN(C)c1nc2c(cc1C(N)=S)CCCC2. The van der Waals surface area contributed by atoms with Gasteiger partial charge in [-0.15, -0.1) is 0 Å². The summed E-state index contributed by atoms with van der Waals surface area (Å²) in [6, 6.07) is 2.18. The third-order valence-electron chi connectivity index (χ3n) is 4.00. The minimum atomic E-state index is 0.461. The second-order valence-electron chi connectivity index (χ2n) is 5.67. The molecule has 0 aliphatic heterocycles. The summed E-state index contributed by atoms with van der Waals surface area (Å²) in [6.45, 7) is 3.23. The van der Waals surface area contributed by atoms with Crippen molar-refractivity contribution >= 4 is 23.0 Å². The van der Waals surface area contributed by atoms with Gasteiger partial charge in [-0.25, -0.2) is 4.98 Å². The first kappa shape index (κ1) is 15.2. The van der Waals surface area contributed by atoms with Gasteiger partial charge in [-0.05, 0) is 43.7 Å². The zero-order valence-corrected chi connectivity index (χ0v) is 13.4. The van der Waals surface area contributed by atoms with E-state index < -0.39 is 0 Å². The molecule has 0 aromatic carbocycles. The Labute approximate surface area is 127 Å². The quantitative estimate of drug-likeness (QED) is 0.645. The van der Waals surface area contributed by atoms with Crippen LogP contribution < -0.4 is 10.6 Å². The average Bonchev–Trinajstić information content (AvgIpc) is 2.46. The predicted octanol–water partition coefficient (Wildman–Crippen LogP) is 3.22. The number of rotatable bonds is 6. The second-order valence-corrected chi connectivity index (χ2v) is 6.11. The first-order valence-corrected chi connectivity index (χ1v) is 8.08. The lowest BCUT2D eigenvalue weighted by Gasteiger charge is -2.24. The molecule has 0 atom stereocenters. The average molecular weight is 291 g/mol. The van der Waals surface area contributed by atoms with Crippen molar-refractivity contribution < 1.29 is 0 Å². The molecule has 4 heteroatoms. The number of anilines is 1. The van der Waals surface area contributed by atoms with Crippen molar-refractivity contribution in [3.05, 3.63) is 22.9 Å². The number of nitrogens with zero attached hydrogens (tertiary/aromatic N) is 2. The standard InChI is InChI=1S/C16H25N3S/c1-3-4-7-10-19(2)16-13(15(17)20)11-12-8-5-6-9-14(12)18-16/h11H,3-10H2,1-2H3,(H2,17,20). The van der Waals surface area contributed by atoms with Crippen LogP contribution in [0.25, 0.3) is 0 Å². The van der Waals surface area contributed by atoms with Crippen LogP contribution in [0.4, 0.5) is 5.82 Å². The molecule has 1 aliphatic rings. The minimum absolute atomic E-state index is 0.461. The Morgan fingerprint density at radius 3 is 2.80 bits per heavy atom. The molecule has 110 valence electrons. The maximum atomic E-state index is 5.91. The molecule has 0 unspecified atom stereocenters. The number of aromatic nitrogens is 1. The van der Waals surface area contributed by atoms with Crippen molar-refractivity contribution in [3.63, 3.8) is 0 Å². The number of thiocarbonyl (C=S) groups is 1. The predicted molar refractivity (Wildman–Crippen MR) is 89.6 cm³/mol. The summed E-state index contributed by atoms with van der Waals surface area (Å²) in [7, 11) is 2.09. The van der Waals surface area contributed by atoms with E-state index in [1.54, 1.807) is 0 Å². The van der Waals surface area contributed by atoms with E-state index in [0.29, 0.717) is 4.99 Å². The van der Waals surface area contributed by atoms with Gasteiger partial charge in [0.2, 0.25) is 0 Å². The van der Waals surface area contributed by atoms with Crippen LogP contribution in [0.5, 0.6) is 0 Å². The Bertz CT molecular complexity index is 485. The summed E-state index contributed by atoms with van der Waals surface area (Å²) >= 11 is 5.22. The number of nitrogens with two attached hydrogens (primary N) is 1. The number of unbranched alkanes of at least 4 members (excludes halogenated alkanes) is 2. The van der Waals surface area contributed by atoms with Gasteiger partial charge < -0.3 is 10.6 Å². The third-order valence-corrected chi connectivity index (χ3v) is 4.22. The zero-order valence-electron chi connectivity index (χ0n) is 12.6. The molecule has 1 aromatic heterocycles. The van der Waals surface area contributed by atoms with E-state index in [9.17, 15) is 0 Å². The molecule has 0 bridgehead atoms. The number of fused-ring (bicyclic) bond motifs is 1. The number of pyridine rings is 1. The zero-order chi connectivity index (χ0) is 14.5. The Morgan fingerprint density at radius 1 is 1.35 bits per heavy atom. The van der Waals surface area contributed by atoms with Crippen LogP contribution >= 0.6 is 12.2 Å². The van der Waals surface area contributed by atoms with E-state index in [-0.39, 0.29) is 0 Å². The molecule has 20 heavy (non-hydrogen) atoms. The molecular formula is C16H25N3S. The maximum absolute atomic E-state index is 5.91. The lowest BCUT2D eigenvalue weighted by Crippen LogP contribution is -2.26. The molecule has 0 saturated carbocycles. The molecule has 3 nitrogen and oxygen atoms in total. The molecule has 2 rings (SSSR count). The molecule has 0 amide bonds. The molecule has 0 radical (unpaired) electrons. The number of aryl methyl sites for hydroxylation is 2. The van der Waals surface area contributed by atoms with E-state index >= 15 is 0 Å². The Balaban J connectivity index is 2.27. The van der Waals surface area contributed by atoms with Crippen LogP contribution in [0.3, 0.4) is 0 Å². The van der Waals surface area contributed by atoms with Crippen molar-refractivity contribution in [1.82, 2.24) is 4.98 Å². The second kappa shape index (κ2) is 7.02. The number of hydrogen-bond donors (Lipinski definition) is 1. The van der Waals surface area contributed by atoms with Crippen LogP contribution in [-0.4, -0.2) is 23.6 Å². The Kier molecular flexibility index (Phi) is 5.35. The normalized spacial score (nSPS) is 13.9. The molecule has 1 heterocycles. The van der Waals surface area contributed by atoms with Crippen molar-refractivity contribution in [2.45, 2.75) is 51.9 Å². The lowest BCUT2D eigenvalue weighted by atomic mass is 9.94. The minimum Gasteiger partial charge on any atom is -0.389 e. The van der Waals surface area contributed by atoms with E-state index in [1.165, 1.54) is 43.4 Å². The lowest BCUT2D eigenvalue weighted by molar-refractivity contribution is 0.661. The smallest absolute Gasteiger partial charge is 0.138 e. The summed E-state index contributed by atoms with van der Waals surface area (Å²) in [4.78, 5) is 7.54. The maximum Gasteiger partial charge on any atom is 0.138 e. The highest BCUT2D eigenvalue weighted by molar-refractivity contribution is 7.80. The van der Waals surface area contributed by atoms with Crippen molar-refractivity contribution in [1.29, 1.82) is 0 Å². The van der Waals surface area contributed by atoms with Crippen LogP contribution in [0.2, 0.25) is 0 Å². The molecule has 0 fully saturated rings. The highest BCUT2D eigenvalue weighted by atomic mass is 32.1. The van der Waals surface area contributed by atoms with Crippen LogP contribution in [0.15, 0.2) is 6.07 Å². The van der Waals surface area contributed by atoms with Crippen LogP contribution in [0.1, 0.15) is 55.8 Å². The highest BCUT2D eigenvalue weighted by Gasteiger charge is 2.18. The molecule has 0 saturated heterocycles. The van der Waals surface area contributed by atoms with Crippen LogP contribution in [-0.2, 0) is 12.8 Å². The van der Waals surface area contributed by atoms with Gasteiger partial charge in [-0.1, -0.05) is 32.0 Å². The molecule has 1 aromatic rings. The summed E-state index contributed by atoms with van der Waals surface area (Å²) in [5.74, 6) is 0.967. The van der Waals surface area contributed by atoms with Crippen molar-refractivity contribution in [2.75, 3.05) is 18.5 Å². The monoisotopic (exact) mass is 291 g/mol. The Hall–Kier alpha value is -1.16. The van der Waals surface area contributed by atoms with E-state index in [4.69, 9.17) is 22.9 Å². The fraction of sp³-hybridized carbons (Fsp3) is 0.625. The van der Waals surface area contributed by atoms with Crippen molar-refractivity contribution in [3.8, 4) is 0 Å². The first-order chi connectivity index (χ1) is 9.63. The van der Waals surface area contributed by atoms with Gasteiger partial charge in [0.25, 0.3) is 0 Å². The van der Waals surface area contributed by atoms with Gasteiger partial charge in [-0.3, -0.25) is 0 Å².